The summed E-state index contributed by atoms with van der Waals surface area (Å²) in [5.41, 5.74) is 1.31. The van der Waals surface area contributed by atoms with Crippen molar-refractivity contribution < 1.29 is 4.79 Å². The van der Waals surface area contributed by atoms with E-state index in [1.807, 2.05) is 28.8 Å². The molecule has 0 aromatic heterocycles. The number of aryl methyl sites for hydroxylation is 1. The fourth-order valence-corrected chi connectivity index (χ4v) is 4.15. The monoisotopic (exact) mass is 302 g/mol. The molecule has 112 valence electrons. The maximum atomic E-state index is 12.3. The first-order valence-corrected chi connectivity index (χ1v) is 8.52. The van der Waals surface area contributed by atoms with Crippen molar-refractivity contribution in [2.75, 3.05) is 19.6 Å². The summed E-state index contributed by atoms with van der Waals surface area (Å²) in [6.45, 7) is 4.71. The molecule has 1 aromatic carbocycles. The highest BCUT2D eigenvalue weighted by atomic mass is 32.2. The minimum Gasteiger partial charge on any atom is -0.341 e. The fraction of sp³-hybridized carbons (Fsp3) is 0.471. The zero-order chi connectivity index (χ0) is 14.7. The van der Waals surface area contributed by atoms with Gasteiger partial charge in [-0.05, 0) is 31.9 Å². The van der Waals surface area contributed by atoms with Crippen molar-refractivity contribution in [2.45, 2.75) is 36.0 Å². The number of nitrogens with one attached hydrogen (secondary N) is 1. The van der Waals surface area contributed by atoms with E-state index < -0.39 is 0 Å². The first kappa shape index (κ1) is 14.7. The molecule has 0 saturated carbocycles. The topological polar surface area (TPSA) is 32.3 Å². The lowest BCUT2D eigenvalue weighted by Gasteiger charge is -2.33. The molecule has 0 bridgehead atoms. The van der Waals surface area contributed by atoms with Crippen LogP contribution in [-0.4, -0.2) is 41.7 Å². The summed E-state index contributed by atoms with van der Waals surface area (Å²) in [5.74, 6) is 0.239. The summed E-state index contributed by atoms with van der Waals surface area (Å²) >= 11 is 1.96. The molecule has 1 amide bonds. The van der Waals surface area contributed by atoms with Crippen LogP contribution < -0.4 is 5.32 Å². The molecule has 2 heterocycles. The summed E-state index contributed by atoms with van der Waals surface area (Å²) < 4.78 is 0. The number of hydrogen-bond donors (Lipinski definition) is 1. The number of benzene rings is 1. The van der Waals surface area contributed by atoms with E-state index in [9.17, 15) is 4.79 Å². The second kappa shape index (κ2) is 6.67. The molecule has 3 rings (SSSR count). The summed E-state index contributed by atoms with van der Waals surface area (Å²) in [7, 11) is 0. The van der Waals surface area contributed by atoms with Crippen molar-refractivity contribution >= 4 is 17.7 Å². The van der Waals surface area contributed by atoms with Gasteiger partial charge in [-0.3, -0.25) is 10.1 Å². The Hall–Kier alpha value is -1.26. The zero-order valence-electron chi connectivity index (χ0n) is 12.4. The molecule has 1 fully saturated rings. The summed E-state index contributed by atoms with van der Waals surface area (Å²) in [6.07, 6.45) is 6.18. The molecule has 4 heteroatoms. The highest BCUT2D eigenvalue weighted by Gasteiger charge is 2.28. The molecule has 0 unspecified atom stereocenters. The Balaban J connectivity index is 1.51. The van der Waals surface area contributed by atoms with Crippen molar-refractivity contribution in [3.63, 3.8) is 0 Å². The Kier molecular flexibility index (Phi) is 4.66. The van der Waals surface area contributed by atoms with Gasteiger partial charge in [0, 0.05) is 29.8 Å². The number of rotatable bonds is 3. The Morgan fingerprint density at radius 2 is 2.14 bits per heavy atom. The van der Waals surface area contributed by atoms with Gasteiger partial charge in [0.05, 0.1) is 0 Å². The number of carbonyl (C=O) groups is 1. The third-order valence-corrected chi connectivity index (χ3v) is 5.43. The van der Waals surface area contributed by atoms with Gasteiger partial charge in [0.15, 0.2) is 0 Å². The van der Waals surface area contributed by atoms with Crippen LogP contribution in [0.1, 0.15) is 18.4 Å². The van der Waals surface area contributed by atoms with Crippen LogP contribution in [-0.2, 0) is 4.79 Å². The number of carbonyl (C=O) groups excluding carboxylic acids is 1. The third-order valence-electron chi connectivity index (χ3n) is 4.10. The fourth-order valence-electron chi connectivity index (χ4n) is 2.91. The van der Waals surface area contributed by atoms with Crippen LogP contribution in [0.25, 0.3) is 0 Å². The average Bonchev–Trinajstić information content (AvgIpc) is 3.01. The number of amides is 1. The Morgan fingerprint density at radius 1 is 1.33 bits per heavy atom. The predicted molar refractivity (Wildman–Crippen MR) is 87.6 cm³/mol. The quantitative estimate of drug-likeness (QED) is 0.871. The third kappa shape index (κ3) is 3.69. The van der Waals surface area contributed by atoms with Crippen LogP contribution in [0.2, 0.25) is 0 Å². The van der Waals surface area contributed by atoms with Crippen molar-refractivity contribution in [3.05, 3.63) is 42.0 Å². The Bertz CT molecular complexity index is 535. The minimum atomic E-state index is -0.0917. The van der Waals surface area contributed by atoms with Gasteiger partial charge in [-0.15, -0.1) is 11.8 Å². The van der Waals surface area contributed by atoms with Crippen LogP contribution in [0.3, 0.4) is 0 Å². The zero-order valence-corrected chi connectivity index (χ0v) is 13.2. The maximum Gasteiger partial charge on any atom is 0.243 e. The van der Waals surface area contributed by atoms with Gasteiger partial charge in [0.2, 0.25) is 5.91 Å². The summed E-state index contributed by atoms with van der Waals surface area (Å²) in [4.78, 5) is 15.7. The van der Waals surface area contributed by atoms with E-state index in [4.69, 9.17) is 0 Å². The molecule has 21 heavy (non-hydrogen) atoms. The first-order chi connectivity index (χ1) is 10.2. The van der Waals surface area contributed by atoms with Crippen molar-refractivity contribution in [2.24, 2.45) is 0 Å². The second-order valence-electron chi connectivity index (χ2n) is 5.77. The van der Waals surface area contributed by atoms with Gasteiger partial charge in [0.25, 0.3) is 0 Å². The number of thioether (sulfide) groups is 1. The maximum absolute atomic E-state index is 12.3. The van der Waals surface area contributed by atoms with Gasteiger partial charge in [-0.1, -0.05) is 29.8 Å². The summed E-state index contributed by atoms with van der Waals surface area (Å²) in [6, 6.07) is 8.59. The van der Waals surface area contributed by atoms with E-state index >= 15 is 0 Å². The van der Waals surface area contributed by atoms with Crippen molar-refractivity contribution in [1.82, 2.24) is 10.2 Å². The van der Waals surface area contributed by atoms with Crippen LogP contribution in [0.4, 0.5) is 0 Å². The van der Waals surface area contributed by atoms with Crippen LogP contribution in [0.15, 0.2) is 41.3 Å². The smallest absolute Gasteiger partial charge is 0.243 e. The molecule has 1 aromatic rings. The number of hydrogen-bond acceptors (Lipinski definition) is 3. The van der Waals surface area contributed by atoms with Gasteiger partial charge in [0.1, 0.15) is 6.04 Å². The molecule has 0 aliphatic carbocycles. The van der Waals surface area contributed by atoms with E-state index in [1.54, 1.807) is 0 Å². The Labute approximate surface area is 130 Å². The lowest BCUT2D eigenvalue weighted by Crippen LogP contribution is -2.47. The van der Waals surface area contributed by atoms with Gasteiger partial charge in [-0.25, -0.2) is 0 Å². The van der Waals surface area contributed by atoms with Crippen LogP contribution in [0, 0.1) is 6.92 Å². The Morgan fingerprint density at radius 3 is 2.81 bits per heavy atom. The predicted octanol–water partition coefficient (Wildman–Crippen LogP) is 2.61. The van der Waals surface area contributed by atoms with Gasteiger partial charge >= 0.3 is 0 Å². The lowest BCUT2D eigenvalue weighted by atomic mass is 10.1. The normalized spacial score (nSPS) is 22.7. The van der Waals surface area contributed by atoms with Crippen molar-refractivity contribution in [3.8, 4) is 0 Å². The van der Waals surface area contributed by atoms with Gasteiger partial charge < -0.3 is 4.90 Å². The lowest BCUT2D eigenvalue weighted by molar-refractivity contribution is -0.132. The molecule has 2 aliphatic rings. The standard InChI is InChI=1S/C17H22N2OS/c1-13-4-2-5-15(12-13)21-14-7-10-19(11-8-14)17(20)16-6-3-9-18-16/h2-6,12,14,16,18H,7-11H2,1H3/t16-/m1/s1. The van der Waals surface area contributed by atoms with E-state index in [0.717, 1.165) is 32.5 Å². The number of piperidine rings is 1. The number of likely N-dealkylation sites (tertiary alicyclic amines) is 1. The molecule has 0 radical (unpaired) electrons. The molecular weight excluding hydrogens is 280 g/mol. The van der Waals surface area contributed by atoms with Crippen LogP contribution >= 0.6 is 11.8 Å². The molecule has 0 spiro atoms. The SMILES string of the molecule is Cc1cccc(SC2CCN(C(=O)[C@H]3C=CCN3)CC2)c1. The van der Waals surface area contributed by atoms with E-state index in [2.05, 4.69) is 36.5 Å². The highest BCUT2D eigenvalue weighted by molar-refractivity contribution is 8.00. The van der Waals surface area contributed by atoms with E-state index in [0.29, 0.717) is 5.25 Å². The molecule has 1 saturated heterocycles. The first-order valence-electron chi connectivity index (χ1n) is 7.64. The largest absolute Gasteiger partial charge is 0.341 e. The van der Waals surface area contributed by atoms with E-state index in [1.165, 1.54) is 10.5 Å². The molecular formula is C17H22N2OS. The number of nitrogens with zero attached hydrogens (tertiary/aromatic N) is 1. The average molecular weight is 302 g/mol. The van der Waals surface area contributed by atoms with Crippen LogP contribution in [0.5, 0.6) is 0 Å². The molecule has 1 N–H and O–H groups in total. The van der Waals surface area contributed by atoms with Crippen molar-refractivity contribution in [1.29, 1.82) is 0 Å². The summed E-state index contributed by atoms with van der Waals surface area (Å²) in [5, 5.41) is 3.83. The molecule has 2 aliphatic heterocycles. The highest BCUT2D eigenvalue weighted by Crippen LogP contribution is 2.30. The minimum absolute atomic E-state index is 0.0917. The van der Waals surface area contributed by atoms with E-state index in [-0.39, 0.29) is 11.9 Å². The molecule has 1 atom stereocenters. The van der Waals surface area contributed by atoms with Gasteiger partial charge in [-0.2, -0.15) is 0 Å². The second-order valence-corrected chi connectivity index (χ2v) is 7.15. The molecule has 3 nitrogen and oxygen atoms in total.